The summed E-state index contributed by atoms with van der Waals surface area (Å²) in [5.74, 6) is -2.14. The van der Waals surface area contributed by atoms with Gasteiger partial charge in [0.05, 0.1) is 18.3 Å². The molecule has 1 aliphatic heterocycles. The average molecular weight is 459 g/mol. The molecule has 0 bridgehead atoms. The second-order valence-electron chi connectivity index (χ2n) is 7.94. The maximum atomic E-state index is 13.9. The third-order valence-corrected chi connectivity index (χ3v) is 5.74. The summed E-state index contributed by atoms with van der Waals surface area (Å²) in [4.78, 5) is 22.8. The minimum absolute atomic E-state index is 0.0469. The molecule has 1 aliphatic rings. The van der Waals surface area contributed by atoms with E-state index in [2.05, 4.69) is 9.98 Å². The van der Waals surface area contributed by atoms with Crippen LogP contribution < -0.4 is 26.8 Å². The van der Waals surface area contributed by atoms with Crippen LogP contribution in [0.4, 0.5) is 20.2 Å². The number of aliphatic imine (C=N–C) groups is 2. The van der Waals surface area contributed by atoms with Crippen LogP contribution in [0.2, 0.25) is 0 Å². The average Bonchev–Trinajstić information content (AvgIpc) is 2.80. The number of amidine groups is 1. The van der Waals surface area contributed by atoms with Crippen molar-refractivity contribution in [1.29, 1.82) is 0 Å². The Morgan fingerprint density at radius 2 is 1.82 bits per heavy atom. The van der Waals surface area contributed by atoms with Crippen molar-refractivity contribution in [3.05, 3.63) is 54.1 Å². The zero-order valence-corrected chi connectivity index (χ0v) is 18.4. The highest BCUT2D eigenvalue weighted by molar-refractivity contribution is 6.14. The third-order valence-electron chi connectivity index (χ3n) is 5.74. The number of benzene rings is 2. The first-order valence-corrected chi connectivity index (χ1v) is 10.5. The van der Waals surface area contributed by atoms with E-state index in [4.69, 9.17) is 21.9 Å². The number of hydrogen-bond acceptors (Lipinski definition) is 6. The van der Waals surface area contributed by atoms with Gasteiger partial charge in [0.2, 0.25) is 5.91 Å². The Kier molecular flexibility index (Phi) is 7.59. The quantitative estimate of drug-likeness (QED) is 0.412. The Morgan fingerprint density at radius 1 is 1.15 bits per heavy atom. The van der Waals surface area contributed by atoms with Gasteiger partial charge in [-0.3, -0.25) is 9.79 Å². The Hall–Kier alpha value is -3.53. The fraction of sp³-hybridized carbons (Fsp3) is 0.348. The van der Waals surface area contributed by atoms with E-state index in [1.807, 2.05) is 4.90 Å². The van der Waals surface area contributed by atoms with Crippen LogP contribution in [-0.2, 0) is 4.79 Å². The van der Waals surface area contributed by atoms with Gasteiger partial charge in [-0.25, -0.2) is 13.8 Å². The molecule has 1 fully saturated rings. The maximum Gasteiger partial charge on any atom is 0.233 e. The van der Waals surface area contributed by atoms with Gasteiger partial charge in [-0.05, 0) is 43.2 Å². The van der Waals surface area contributed by atoms with E-state index in [9.17, 15) is 13.6 Å². The van der Waals surface area contributed by atoms with Crippen molar-refractivity contribution in [3.8, 4) is 5.75 Å². The van der Waals surface area contributed by atoms with E-state index in [0.29, 0.717) is 43.1 Å². The minimum Gasteiger partial charge on any atom is -0.497 e. The number of carbonyl (C=O) groups excluding carboxylic acids is 1. The van der Waals surface area contributed by atoms with Crippen molar-refractivity contribution in [2.75, 3.05) is 31.6 Å². The molecule has 1 amide bonds. The Bertz CT molecular complexity index is 1030. The number of primary amides is 1. The molecule has 1 saturated heterocycles. The van der Waals surface area contributed by atoms with Gasteiger partial charge in [0.15, 0.2) is 0 Å². The number of methoxy groups -OCH3 is 1. The minimum atomic E-state index is -1.04. The van der Waals surface area contributed by atoms with Crippen molar-refractivity contribution in [2.24, 2.45) is 33.1 Å². The first-order valence-electron chi connectivity index (χ1n) is 10.5. The van der Waals surface area contributed by atoms with E-state index in [-0.39, 0.29) is 18.2 Å². The summed E-state index contributed by atoms with van der Waals surface area (Å²) in [6.07, 6.45) is 2.55. The van der Waals surface area contributed by atoms with Gasteiger partial charge < -0.3 is 26.8 Å². The Balaban J connectivity index is 1.74. The van der Waals surface area contributed by atoms with Gasteiger partial charge in [-0.2, -0.15) is 0 Å². The molecule has 1 unspecified atom stereocenters. The zero-order valence-electron chi connectivity index (χ0n) is 18.4. The number of rotatable bonds is 8. The van der Waals surface area contributed by atoms with Gasteiger partial charge in [-0.1, -0.05) is 0 Å². The molecule has 2 aromatic rings. The summed E-state index contributed by atoms with van der Waals surface area (Å²) < 4.78 is 32.1. The lowest BCUT2D eigenvalue weighted by Gasteiger charge is -2.39. The van der Waals surface area contributed by atoms with Crippen LogP contribution in [0, 0.1) is 17.6 Å². The summed E-state index contributed by atoms with van der Waals surface area (Å²) >= 11 is 0. The van der Waals surface area contributed by atoms with Crippen LogP contribution in [0.25, 0.3) is 0 Å². The number of nitrogens with zero attached hydrogens (tertiary/aromatic N) is 3. The smallest absolute Gasteiger partial charge is 0.233 e. The Morgan fingerprint density at radius 3 is 2.39 bits per heavy atom. The molecule has 0 aromatic heterocycles. The maximum absolute atomic E-state index is 13.9. The van der Waals surface area contributed by atoms with Crippen molar-refractivity contribution in [1.82, 2.24) is 0 Å². The fourth-order valence-corrected chi connectivity index (χ4v) is 3.68. The second-order valence-corrected chi connectivity index (χ2v) is 7.94. The molecular formula is C23H28F2N6O2. The second kappa shape index (κ2) is 10.4. The predicted molar refractivity (Wildman–Crippen MR) is 125 cm³/mol. The lowest BCUT2D eigenvalue weighted by atomic mass is 9.87. The van der Waals surface area contributed by atoms with Gasteiger partial charge in [0.1, 0.15) is 29.1 Å². The number of halogens is 2. The normalized spacial score (nSPS) is 17.2. The molecule has 10 heteroatoms. The topological polar surface area (TPSA) is 132 Å². The van der Waals surface area contributed by atoms with E-state index < -0.39 is 23.2 Å². The molecule has 1 heterocycles. The predicted octanol–water partition coefficient (Wildman–Crippen LogP) is 2.13. The fourth-order valence-electron chi connectivity index (χ4n) is 3.68. The molecule has 176 valence electrons. The van der Waals surface area contributed by atoms with Gasteiger partial charge in [-0.15, -0.1) is 0 Å². The van der Waals surface area contributed by atoms with Crippen LogP contribution in [0.15, 0.2) is 52.4 Å². The van der Waals surface area contributed by atoms with Gasteiger partial charge in [0, 0.05) is 43.7 Å². The van der Waals surface area contributed by atoms with E-state index >= 15 is 0 Å². The van der Waals surface area contributed by atoms with Crippen molar-refractivity contribution >= 4 is 29.3 Å². The summed E-state index contributed by atoms with van der Waals surface area (Å²) in [6, 6.07) is 9.92. The van der Waals surface area contributed by atoms with Crippen molar-refractivity contribution in [3.63, 3.8) is 0 Å². The molecule has 8 nitrogen and oxygen atoms in total. The van der Waals surface area contributed by atoms with E-state index in [1.54, 1.807) is 6.07 Å². The van der Waals surface area contributed by atoms with Crippen LogP contribution in [-0.4, -0.2) is 50.2 Å². The number of amides is 1. The molecule has 0 spiro atoms. The molecule has 2 aromatic carbocycles. The van der Waals surface area contributed by atoms with Crippen LogP contribution >= 0.6 is 0 Å². The Labute approximate surface area is 191 Å². The zero-order chi connectivity index (χ0) is 24.0. The number of nitrogens with two attached hydrogens (primary N) is 3. The number of ether oxygens (including phenoxy) is 1. The number of carbonyl (C=O) groups is 1. The molecule has 0 saturated carbocycles. The summed E-state index contributed by atoms with van der Waals surface area (Å²) in [5, 5.41) is 0. The first-order chi connectivity index (χ1) is 15.7. The monoisotopic (exact) mass is 458 g/mol. The molecule has 0 radical (unpaired) electrons. The summed E-state index contributed by atoms with van der Waals surface area (Å²) in [5.41, 5.74) is 18.1. The van der Waals surface area contributed by atoms with Crippen molar-refractivity contribution < 1.29 is 18.3 Å². The van der Waals surface area contributed by atoms with Crippen LogP contribution in [0.3, 0.4) is 0 Å². The highest BCUT2D eigenvalue weighted by atomic mass is 19.1. The largest absolute Gasteiger partial charge is 0.497 e. The van der Waals surface area contributed by atoms with E-state index in [1.165, 1.54) is 49.7 Å². The number of piperidine rings is 1. The van der Waals surface area contributed by atoms with Crippen LogP contribution in [0.1, 0.15) is 12.8 Å². The van der Waals surface area contributed by atoms with E-state index in [0.717, 1.165) is 0 Å². The van der Waals surface area contributed by atoms with Crippen molar-refractivity contribution in [2.45, 2.75) is 18.4 Å². The SMILES string of the molecule is COc1cc(F)cc(N2CCC(CN)(N=CC(C(N)=O)C(N)=Nc3ccc(F)cc3)CC2)c1. The van der Waals surface area contributed by atoms with Crippen LogP contribution in [0.5, 0.6) is 5.75 Å². The first kappa shape index (κ1) is 24.1. The lowest BCUT2D eigenvalue weighted by Crippen LogP contribution is -2.48. The summed E-state index contributed by atoms with van der Waals surface area (Å²) in [6.45, 7) is 1.42. The number of anilines is 1. The molecule has 0 aliphatic carbocycles. The van der Waals surface area contributed by atoms with Gasteiger partial charge in [0.25, 0.3) is 0 Å². The highest BCUT2D eigenvalue weighted by Gasteiger charge is 2.33. The van der Waals surface area contributed by atoms with Gasteiger partial charge >= 0.3 is 0 Å². The highest BCUT2D eigenvalue weighted by Crippen LogP contribution is 2.31. The third kappa shape index (κ3) is 6.04. The molecule has 3 rings (SSSR count). The standard InChI is InChI=1S/C23H28F2N6O2/c1-33-19-11-16(25)10-18(12-19)31-8-6-23(14-26,7-9-31)29-13-20(22(28)32)21(27)30-17-4-2-15(24)3-5-17/h2-5,10-13,20H,6-9,14,26H2,1H3,(H2,27,30)(H2,28,32). The number of hydrogen-bond donors (Lipinski definition) is 3. The lowest BCUT2D eigenvalue weighted by molar-refractivity contribution is -0.118. The summed E-state index contributed by atoms with van der Waals surface area (Å²) in [7, 11) is 1.49. The molecular weight excluding hydrogens is 430 g/mol. The molecule has 6 N–H and O–H groups in total. The molecule has 33 heavy (non-hydrogen) atoms. The molecule has 1 atom stereocenters.